The lowest BCUT2D eigenvalue weighted by atomic mass is 9.83. The van der Waals surface area contributed by atoms with E-state index in [9.17, 15) is 9.90 Å². The average Bonchev–Trinajstić information content (AvgIpc) is 2.70. The minimum absolute atomic E-state index is 0. The number of amides is 1. The number of carbonyl (C=O) groups excluding carboxylic acids is 1. The van der Waals surface area contributed by atoms with Crippen LogP contribution in [0.3, 0.4) is 0 Å². The van der Waals surface area contributed by atoms with Gasteiger partial charge in [0, 0.05) is 43.0 Å². The summed E-state index contributed by atoms with van der Waals surface area (Å²) in [7, 11) is 1.63. The highest BCUT2D eigenvalue weighted by atomic mass is 35.5. The Balaban J connectivity index is 0.00000210. The monoisotopic (exact) mass is 441 g/mol. The van der Waals surface area contributed by atoms with Crippen molar-refractivity contribution >= 4 is 30.7 Å². The largest absolute Gasteiger partial charge is 0.496 e. The van der Waals surface area contributed by atoms with Crippen LogP contribution in [0.4, 0.5) is 0 Å². The van der Waals surface area contributed by atoms with Crippen LogP contribution in [0.25, 0.3) is 0 Å². The second-order valence-electron chi connectivity index (χ2n) is 7.10. The van der Waals surface area contributed by atoms with Crippen LogP contribution < -0.4 is 10.5 Å². The third kappa shape index (κ3) is 6.57. The van der Waals surface area contributed by atoms with E-state index in [1.807, 2.05) is 41.3 Å². The number of methoxy groups -OCH3 is 1. The van der Waals surface area contributed by atoms with Gasteiger partial charge in [-0.25, -0.2) is 0 Å². The van der Waals surface area contributed by atoms with E-state index in [-0.39, 0.29) is 42.7 Å². The predicted molar refractivity (Wildman–Crippen MR) is 117 cm³/mol. The van der Waals surface area contributed by atoms with Crippen LogP contribution in [0.15, 0.2) is 48.8 Å². The summed E-state index contributed by atoms with van der Waals surface area (Å²) in [6.45, 7) is 0.952. The molecule has 3 N–H and O–H groups in total. The summed E-state index contributed by atoms with van der Waals surface area (Å²) in [6.07, 6.45) is 4.68. The quantitative estimate of drug-likeness (QED) is 0.718. The summed E-state index contributed by atoms with van der Waals surface area (Å²) in [5.41, 5.74) is 7.99. The van der Waals surface area contributed by atoms with E-state index in [1.54, 1.807) is 19.5 Å². The molecule has 0 aliphatic heterocycles. The molecule has 0 unspecified atom stereocenters. The summed E-state index contributed by atoms with van der Waals surface area (Å²) in [4.78, 5) is 19.2. The Hall–Kier alpha value is -1.86. The molecule has 1 aromatic carbocycles. The van der Waals surface area contributed by atoms with Crippen molar-refractivity contribution in [1.29, 1.82) is 0 Å². The Morgan fingerprint density at radius 3 is 2.52 bits per heavy atom. The zero-order valence-electron chi connectivity index (χ0n) is 16.4. The molecule has 1 fully saturated rings. The van der Waals surface area contributed by atoms with E-state index in [1.165, 1.54) is 0 Å². The second-order valence-corrected chi connectivity index (χ2v) is 7.10. The third-order valence-corrected chi connectivity index (χ3v) is 5.20. The molecule has 2 aromatic rings. The number of aliphatic hydroxyl groups is 1. The molecule has 0 spiro atoms. The van der Waals surface area contributed by atoms with Crippen molar-refractivity contribution in [3.8, 4) is 5.75 Å². The Bertz CT molecular complexity index is 764. The van der Waals surface area contributed by atoms with Gasteiger partial charge in [-0.1, -0.05) is 18.2 Å². The number of aromatic nitrogens is 1. The van der Waals surface area contributed by atoms with Crippen LogP contribution in [-0.4, -0.2) is 40.2 Å². The molecule has 160 valence electrons. The number of hydrogen-bond donors (Lipinski definition) is 2. The first-order chi connectivity index (χ1) is 13.1. The molecular weight excluding hydrogens is 413 g/mol. The molecular formula is C21H29Cl2N3O3. The van der Waals surface area contributed by atoms with Gasteiger partial charge in [0.25, 0.3) is 0 Å². The number of halogens is 2. The van der Waals surface area contributed by atoms with Gasteiger partial charge in [-0.15, -0.1) is 24.8 Å². The van der Waals surface area contributed by atoms with E-state index in [2.05, 4.69) is 4.98 Å². The van der Waals surface area contributed by atoms with Gasteiger partial charge in [0.15, 0.2) is 0 Å². The lowest BCUT2D eigenvalue weighted by molar-refractivity contribution is -0.138. The van der Waals surface area contributed by atoms with E-state index in [0.717, 1.165) is 16.9 Å². The highest BCUT2D eigenvalue weighted by Gasteiger charge is 2.33. The van der Waals surface area contributed by atoms with Crippen molar-refractivity contribution in [2.45, 2.75) is 44.5 Å². The lowest BCUT2D eigenvalue weighted by Crippen LogP contribution is -2.45. The van der Waals surface area contributed by atoms with Gasteiger partial charge in [-0.3, -0.25) is 9.78 Å². The molecule has 1 aromatic heterocycles. The number of nitrogens with zero attached hydrogens (tertiary/aromatic N) is 2. The molecule has 8 heteroatoms. The van der Waals surface area contributed by atoms with Gasteiger partial charge < -0.3 is 20.5 Å². The number of benzene rings is 1. The van der Waals surface area contributed by atoms with Crippen molar-refractivity contribution in [1.82, 2.24) is 9.88 Å². The zero-order valence-corrected chi connectivity index (χ0v) is 18.1. The lowest BCUT2D eigenvalue weighted by Gasteiger charge is -2.34. The minimum atomic E-state index is -0.517. The third-order valence-electron chi connectivity index (χ3n) is 5.20. The Labute approximate surface area is 184 Å². The molecule has 1 aliphatic rings. The molecule has 29 heavy (non-hydrogen) atoms. The zero-order chi connectivity index (χ0) is 19.2. The molecule has 1 saturated carbocycles. The number of carbonyl (C=O) groups is 1. The van der Waals surface area contributed by atoms with Crippen LogP contribution in [-0.2, 0) is 17.9 Å². The van der Waals surface area contributed by atoms with Crippen molar-refractivity contribution in [2.75, 3.05) is 7.11 Å². The number of rotatable bonds is 6. The van der Waals surface area contributed by atoms with Crippen LogP contribution in [0, 0.1) is 5.92 Å². The first-order valence-corrected chi connectivity index (χ1v) is 9.31. The molecule has 1 heterocycles. The van der Waals surface area contributed by atoms with Gasteiger partial charge in [0.1, 0.15) is 5.75 Å². The fourth-order valence-corrected chi connectivity index (χ4v) is 3.63. The standard InChI is InChI=1S/C21H27N3O3.2ClH/c1-27-20-5-3-2-4-17(20)14-24(13-15-8-10-23-11-9-15)21(26)16-6-7-19(25)18(22)12-16;;/h2-5,8-11,16,18-19,25H,6-7,12-14,22H2,1H3;2*1H/t16-,18+,19+;;/m0../s1. The van der Waals surface area contributed by atoms with Gasteiger partial charge in [-0.2, -0.15) is 0 Å². The van der Waals surface area contributed by atoms with Crippen LogP contribution in [0.1, 0.15) is 30.4 Å². The second kappa shape index (κ2) is 12.0. The Morgan fingerprint density at radius 2 is 1.86 bits per heavy atom. The van der Waals surface area contributed by atoms with E-state index in [4.69, 9.17) is 10.5 Å². The number of hydrogen-bond acceptors (Lipinski definition) is 5. The molecule has 0 radical (unpaired) electrons. The smallest absolute Gasteiger partial charge is 0.226 e. The summed E-state index contributed by atoms with van der Waals surface area (Å²) < 4.78 is 5.45. The van der Waals surface area contributed by atoms with Crippen molar-refractivity contribution in [3.63, 3.8) is 0 Å². The van der Waals surface area contributed by atoms with E-state index < -0.39 is 6.10 Å². The fraction of sp³-hybridized carbons (Fsp3) is 0.429. The molecule has 1 aliphatic carbocycles. The summed E-state index contributed by atoms with van der Waals surface area (Å²) >= 11 is 0. The SMILES string of the molecule is COc1ccccc1CN(Cc1ccncc1)C(=O)[C@H]1CC[C@@H](O)[C@H](N)C1.Cl.Cl. The number of para-hydroxylation sites is 1. The fourth-order valence-electron chi connectivity index (χ4n) is 3.63. The normalized spacial score (nSPS) is 20.7. The van der Waals surface area contributed by atoms with Gasteiger partial charge in [0.05, 0.1) is 13.2 Å². The Morgan fingerprint density at radius 1 is 1.17 bits per heavy atom. The Kier molecular flexibility index (Phi) is 10.4. The van der Waals surface area contributed by atoms with Crippen LogP contribution in [0.2, 0.25) is 0 Å². The van der Waals surface area contributed by atoms with Gasteiger partial charge in [-0.05, 0) is 43.0 Å². The molecule has 0 saturated heterocycles. The number of nitrogens with two attached hydrogens (primary N) is 1. The maximum absolute atomic E-state index is 13.3. The molecule has 6 nitrogen and oxygen atoms in total. The summed E-state index contributed by atoms with van der Waals surface area (Å²) in [5.74, 6) is 0.667. The maximum atomic E-state index is 13.3. The summed E-state index contributed by atoms with van der Waals surface area (Å²) in [6, 6.07) is 11.2. The maximum Gasteiger partial charge on any atom is 0.226 e. The predicted octanol–water partition coefficient (Wildman–Crippen LogP) is 2.95. The number of ether oxygens (including phenoxy) is 1. The summed E-state index contributed by atoms with van der Waals surface area (Å²) in [5, 5.41) is 9.88. The van der Waals surface area contributed by atoms with Crippen LogP contribution >= 0.6 is 24.8 Å². The topological polar surface area (TPSA) is 88.7 Å². The molecule has 0 bridgehead atoms. The van der Waals surface area contributed by atoms with Gasteiger partial charge in [0.2, 0.25) is 5.91 Å². The highest BCUT2D eigenvalue weighted by Crippen LogP contribution is 2.28. The number of pyridine rings is 1. The molecule has 1 amide bonds. The first kappa shape index (κ1) is 25.2. The van der Waals surface area contributed by atoms with Crippen molar-refractivity contribution < 1.29 is 14.6 Å². The van der Waals surface area contributed by atoms with Crippen molar-refractivity contribution in [2.24, 2.45) is 11.7 Å². The highest BCUT2D eigenvalue weighted by molar-refractivity contribution is 5.85. The van der Waals surface area contributed by atoms with E-state index >= 15 is 0 Å². The van der Waals surface area contributed by atoms with Crippen LogP contribution in [0.5, 0.6) is 5.75 Å². The minimum Gasteiger partial charge on any atom is -0.496 e. The van der Waals surface area contributed by atoms with Crippen molar-refractivity contribution in [3.05, 3.63) is 59.9 Å². The molecule has 3 atom stereocenters. The molecule has 3 rings (SSSR count). The average molecular weight is 442 g/mol. The van der Waals surface area contributed by atoms with E-state index in [0.29, 0.717) is 32.4 Å². The first-order valence-electron chi connectivity index (χ1n) is 9.31. The number of aliphatic hydroxyl groups excluding tert-OH is 1. The van der Waals surface area contributed by atoms with Gasteiger partial charge >= 0.3 is 0 Å².